The molecule has 18 heavy (non-hydrogen) atoms. The fourth-order valence-corrected chi connectivity index (χ4v) is 1.42. The second kappa shape index (κ2) is 5.26. The number of esters is 2. The quantitative estimate of drug-likeness (QED) is 0.351. The molecule has 7 nitrogen and oxygen atoms in total. The molecule has 0 aromatic heterocycles. The van der Waals surface area contributed by atoms with Crippen molar-refractivity contribution in [1.82, 2.24) is 0 Å². The van der Waals surface area contributed by atoms with E-state index < -0.39 is 22.5 Å². The molecule has 0 aliphatic heterocycles. The van der Waals surface area contributed by atoms with Crippen molar-refractivity contribution in [3.63, 3.8) is 0 Å². The van der Waals surface area contributed by atoms with Crippen LogP contribution in [0.3, 0.4) is 0 Å². The zero-order valence-corrected chi connectivity index (χ0v) is 10.1. The van der Waals surface area contributed by atoms with Crippen LogP contribution in [0.1, 0.15) is 22.8 Å². The third kappa shape index (κ3) is 2.62. The molecule has 7 heteroatoms. The van der Waals surface area contributed by atoms with Crippen LogP contribution in [0.5, 0.6) is 5.75 Å². The van der Waals surface area contributed by atoms with E-state index in [0.29, 0.717) is 5.56 Å². The van der Waals surface area contributed by atoms with Crippen molar-refractivity contribution in [3.8, 4) is 5.75 Å². The minimum absolute atomic E-state index is 0.123. The van der Waals surface area contributed by atoms with Crippen LogP contribution >= 0.6 is 0 Å². The Morgan fingerprint density at radius 1 is 1.33 bits per heavy atom. The van der Waals surface area contributed by atoms with E-state index in [-0.39, 0.29) is 11.3 Å². The van der Waals surface area contributed by atoms with E-state index in [1.807, 2.05) is 0 Å². The second-order valence-electron chi connectivity index (χ2n) is 3.45. The number of carbonyl (C=O) groups is 2. The van der Waals surface area contributed by atoms with E-state index in [9.17, 15) is 19.7 Å². The second-order valence-corrected chi connectivity index (χ2v) is 3.45. The first-order valence-electron chi connectivity index (χ1n) is 4.93. The van der Waals surface area contributed by atoms with Crippen LogP contribution in [0.15, 0.2) is 12.1 Å². The highest BCUT2D eigenvalue weighted by Gasteiger charge is 2.27. The van der Waals surface area contributed by atoms with E-state index in [2.05, 4.69) is 4.74 Å². The van der Waals surface area contributed by atoms with Gasteiger partial charge in [-0.3, -0.25) is 14.9 Å². The molecule has 1 aromatic carbocycles. The van der Waals surface area contributed by atoms with Crippen LogP contribution in [0, 0.1) is 17.0 Å². The number of hydrogen-bond donors (Lipinski definition) is 0. The Kier molecular flexibility index (Phi) is 3.98. The van der Waals surface area contributed by atoms with Crippen LogP contribution in [0.2, 0.25) is 0 Å². The number of nitrogens with zero attached hydrogens (tertiary/aromatic N) is 1. The van der Waals surface area contributed by atoms with Crippen molar-refractivity contribution in [2.45, 2.75) is 13.8 Å². The van der Waals surface area contributed by atoms with Crippen LogP contribution < -0.4 is 4.74 Å². The van der Waals surface area contributed by atoms with Crippen LogP contribution in [-0.2, 0) is 9.53 Å². The highest BCUT2D eigenvalue weighted by molar-refractivity contribution is 5.96. The summed E-state index contributed by atoms with van der Waals surface area (Å²) in [6.45, 7) is 2.65. The highest BCUT2D eigenvalue weighted by atomic mass is 16.6. The lowest BCUT2D eigenvalue weighted by atomic mass is 10.1. The summed E-state index contributed by atoms with van der Waals surface area (Å²) in [7, 11) is 1.14. The maximum absolute atomic E-state index is 11.6. The first-order chi connectivity index (χ1) is 8.38. The molecular formula is C11H11NO6. The monoisotopic (exact) mass is 253 g/mol. The molecule has 96 valence electrons. The molecule has 0 aliphatic carbocycles. The Morgan fingerprint density at radius 2 is 1.94 bits per heavy atom. The number of ether oxygens (including phenoxy) is 2. The summed E-state index contributed by atoms with van der Waals surface area (Å²) >= 11 is 0. The highest BCUT2D eigenvalue weighted by Crippen LogP contribution is 2.33. The van der Waals surface area contributed by atoms with Crippen molar-refractivity contribution in [3.05, 3.63) is 33.4 Å². The van der Waals surface area contributed by atoms with Crippen LogP contribution in [-0.4, -0.2) is 24.0 Å². The van der Waals surface area contributed by atoms with Gasteiger partial charge in [-0.05, 0) is 12.5 Å². The summed E-state index contributed by atoms with van der Waals surface area (Å²) in [5.74, 6) is -1.94. The maximum atomic E-state index is 11.6. The average molecular weight is 253 g/mol. The molecule has 1 aromatic rings. The van der Waals surface area contributed by atoms with Gasteiger partial charge in [0.1, 0.15) is 5.56 Å². The molecule has 0 heterocycles. The zero-order chi connectivity index (χ0) is 13.9. The van der Waals surface area contributed by atoms with Gasteiger partial charge in [0, 0.05) is 13.0 Å². The first-order valence-corrected chi connectivity index (χ1v) is 4.93. The Morgan fingerprint density at radius 3 is 2.39 bits per heavy atom. The number of nitro benzene ring substituents is 1. The van der Waals surface area contributed by atoms with Gasteiger partial charge in [0.15, 0.2) is 0 Å². The molecule has 0 N–H and O–H groups in total. The summed E-state index contributed by atoms with van der Waals surface area (Å²) < 4.78 is 9.28. The van der Waals surface area contributed by atoms with Gasteiger partial charge in [-0.25, -0.2) is 4.79 Å². The van der Waals surface area contributed by atoms with Gasteiger partial charge in [0.05, 0.1) is 12.0 Å². The van der Waals surface area contributed by atoms with Crippen molar-refractivity contribution in [1.29, 1.82) is 0 Å². The third-order valence-electron chi connectivity index (χ3n) is 2.18. The minimum Gasteiger partial charge on any atom is -0.465 e. The van der Waals surface area contributed by atoms with E-state index in [4.69, 9.17) is 4.74 Å². The number of rotatable bonds is 3. The molecule has 0 amide bonds. The van der Waals surface area contributed by atoms with Crippen LogP contribution in [0.25, 0.3) is 0 Å². The Balaban J connectivity index is 3.54. The summed E-state index contributed by atoms with van der Waals surface area (Å²) in [6, 6.07) is 2.55. The molecule has 0 saturated heterocycles. The normalized spacial score (nSPS) is 9.72. The molecule has 0 spiro atoms. The lowest BCUT2D eigenvalue weighted by molar-refractivity contribution is -0.385. The number of benzene rings is 1. The van der Waals surface area contributed by atoms with Gasteiger partial charge in [0.25, 0.3) is 0 Å². The minimum atomic E-state index is -0.799. The van der Waals surface area contributed by atoms with Gasteiger partial charge in [-0.15, -0.1) is 0 Å². The Hall–Kier alpha value is -2.44. The summed E-state index contributed by atoms with van der Waals surface area (Å²) in [6.07, 6.45) is 0. The predicted octanol–water partition coefficient (Wildman–Crippen LogP) is 1.62. The molecule has 0 aliphatic rings. The van der Waals surface area contributed by atoms with E-state index in [1.165, 1.54) is 12.1 Å². The largest absolute Gasteiger partial charge is 0.465 e. The number of methoxy groups -OCH3 is 1. The fourth-order valence-electron chi connectivity index (χ4n) is 1.42. The molecule has 0 radical (unpaired) electrons. The van der Waals surface area contributed by atoms with Crippen molar-refractivity contribution < 1.29 is 24.0 Å². The van der Waals surface area contributed by atoms with E-state index >= 15 is 0 Å². The van der Waals surface area contributed by atoms with Crippen molar-refractivity contribution in [2.24, 2.45) is 0 Å². The molecule has 0 saturated carbocycles. The molecule has 1 rings (SSSR count). The SMILES string of the molecule is COC(=O)c1c(C)ccc([N+](=O)[O-])c1OC(C)=O. The maximum Gasteiger partial charge on any atom is 0.342 e. The van der Waals surface area contributed by atoms with Gasteiger partial charge < -0.3 is 9.47 Å². The van der Waals surface area contributed by atoms with Crippen molar-refractivity contribution >= 4 is 17.6 Å². The van der Waals surface area contributed by atoms with Gasteiger partial charge in [0.2, 0.25) is 5.75 Å². The number of carbonyl (C=O) groups excluding carboxylic acids is 2. The lowest BCUT2D eigenvalue weighted by Gasteiger charge is -2.10. The summed E-state index contributed by atoms with van der Waals surface area (Å²) in [5.41, 5.74) is -0.165. The number of aryl methyl sites for hydroxylation is 1. The Labute approximate surface area is 102 Å². The first kappa shape index (κ1) is 13.6. The zero-order valence-electron chi connectivity index (χ0n) is 10.1. The molecule has 0 bridgehead atoms. The standard InChI is InChI=1S/C11H11NO6/c1-6-4-5-8(12(15)16)10(18-7(2)13)9(6)11(14)17-3/h4-5H,1-3H3. The molecule has 0 fully saturated rings. The topological polar surface area (TPSA) is 95.7 Å². The fraction of sp³-hybridized carbons (Fsp3) is 0.273. The molecular weight excluding hydrogens is 242 g/mol. The summed E-state index contributed by atoms with van der Waals surface area (Å²) in [4.78, 5) is 32.6. The summed E-state index contributed by atoms with van der Waals surface area (Å²) in [5, 5.41) is 10.8. The Bertz CT molecular complexity index is 523. The lowest BCUT2D eigenvalue weighted by Crippen LogP contribution is -2.12. The molecule has 0 atom stereocenters. The smallest absolute Gasteiger partial charge is 0.342 e. The van der Waals surface area contributed by atoms with Gasteiger partial charge in [-0.1, -0.05) is 6.07 Å². The van der Waals surface area contributed by atoms with Crippen molar-refractivity contribution in [2.75, 3.05) is 7.11 Å². The number of nitro groups is 1. The third-order valence-corrected chi connectivity index (χ3v) is 2.18. The van der Waals surface area contributed by atoms with E-state index in [0.717, 1.165) is 14.0 Å². The van der Waals surface area contributed by atoms with Gasteiger partial charge >= 0.3 is 17.6 Å². The predicted molar refractivity (Wildman–Crippen MR) is 60.5 cm³/mol. The molecule has 0 unspecified atom stereocenters. The van der Waals surface area contributed by atoms with Gasteiger partial charge in [-0.2, -0.15) is 0 Å². The average Bonchev–Trinajstić information content (AvgIpc) is 2.27. The van der Waals surface area contributed by atoms with Crippen LogP contribution in [0.4, 0.5) is 5.69 Å². The van der Waals surface area contributed by atoms with E-state index in [1.54, 1.807) is 6.92 Å². The number of hydrogen-bond acceptors (Lipinski definition) is 6.